The van der Waals surface area contributed by atoms with Gasteiger partial charge in [-0.25, -0.2) is 4.39 Å². The van der Waals surface area contributed by atoms with Crippen molar-refractivity contribution in [3.63, 3.8) is 0 Å². The minimum atomic E-state index is -0.241. The molecule has 0 amide bonds. The largest absolute Gasteiger partial charge is 0.393 e. The summed E-state index contributed by atoms with van der Waals surface area (Å²) in [6.45, 7) is 6.13. The van der Waals surface area contributed by atoms with Crippen LogP contribution in [-0.4, -0.2) is 23.5 Å². The Balaban J connectivity index is 1.52. The van der Waals surface area contributed by atoms with Crippen molar-refractivity contribution in [1.82, 2.24) is 0 Å². The zero-order valence-electron chi connectivity index (χ0n) is 16.0. The van der Waals surface area contributed by atoms with Crippen molar-refractivity contribution in [3.05, 3.63) is 54.4 Å². The van der Waals surface area contributed by atoms with E-state index in [0.29, 0.717) is 11.8 Å². The van der Waals surface area contributed by atoms with E-state index in [-0.39, 0.29) is 23.4 Å². The van der Waals surface area contributed by atoms with Crippen LogP contribution in [0, 0.1) is 23.1 Å². The first kappa shape index (κ1) is 18.4. The third-order valence-corrected chi connectivity index (χ3v) is 6.88. The summed E-state index contributed by atoms with van der Waals surface area (Å²) in [6.07, 6.45) is 12.0. The predicted octanol–water partition coefficient (Wildman–Crippen LogP) is 5.08. The number of halogens is 1. The van der Waals surface area contributed by atoms with Crippen molar-refractivity contribution in [2.75, 3.05) is 5.01 Å². The van der Waals surface area contributed by atoms with Crippen LogP contribution in [0.25, 0.3) is 0 Å². The molecule has 1 aliphatic heterocycles. The molecule has 27 heavy (non-hydrogen) atoms. The van der Waals surface area contributed by atoms with Crippen LogP contribution in [0.3, 0.4) is 0 Å². The van der Waals surface area contributed by atoms with Gasteiger partial charge in [0.05, 0.1) is 17.8 Å². The zero-order chi connectivity index (χ0) is 19.0. The van der Waals surface area contributed by atoms with Crippen LogP contribution in [0.1, 0.15) is 45.4 Å². The number of hydrazone groups is 1. The van der Waals surface area contributed by atoms with Crippen LogP contribution in [0.5, 0.6) is 0 Å². The molecule has 4 heteroatoms. The number of benzene rings is 1. The number of rotatable bonds is 6. The molecule has 1 saturated carbocycles. The number of hydrogen-bond donors (Lipinski definition) is 1. The Bertz CT molecular complexity index is 756. The minimum absolute atomic E-state index is 0.154. The maximum absolute atomic E-state index is 13.3. The van der Waals surface area contributed by atoms with Crippen molar-refractivity contribution in [2.45, 2.75) is 57.6 Å². The average molecular weight is 368 g/mol. The molecule has 144 valence electrons. The normalized spacial score (nSPS) is 32.8. The lowest BCUT2D eigenvalue weighted by atomic mass is 9.65. The third-order valence-electron chi connectivity index (χ3n) is 6.88. The van der Waals surface area contributed by atoms with Crippen LogP contribution in [0.2, 0.25) is 0 Å². The molecule has 0 aromatic heterocycles. The highest BCUT2D eigenvalue weighted by molar-refractivity contribution is 5.72. The lowest BCUT2D eigenvalue weighted by Gasteiger charge is -2.42. The molecule has 2 aliphatic carbocycles. The van der Waals surface area contributed by atoms with Gasteiger partial charge in [0.15, 0.2) is 0 Å². The van der Waals surface area contributed by atoms with Gasteiger partial charge in [0.25, 0.3) is 0 Å². The van der Waals surface area contributed by atoms with Crippen molar-refractivity contribution >= 4 is 11.9 Å². The minimum Gasteiger partial charge on any atom is -0.393 e. The van der Waals surface area contributed by atoms with E-state index in [9.17, 15) is 9.50 Å². The van der Waals surface area contributed by atoms with Gasteiger partial charge in [-0.1, -0.05) is 24.6 Å². The molecule has 1 aromatic rings. The average Bonchev–Trinajstić information content (AvgIpc) is 3.19. The number of fused-ring (bicyclic) bond motifs is 2. The van der Waals surface area contributed by atoms with Gasteiger partial charge in [-0.05, 0) is 74.1 Å². The Hall–Kier alpha value is -1.94. The number of nitrogens with zero attached hydrogens (tertiary/aromatic N) is 2. The Labute approximate surface area is 161 Å². The Morgan fingerprint density at radius 3 is 2.93 bits per heavy atom. The summed E-state index contributed by atoms with van der Waals surface area (Å²) in [5.41, 5.74) is 2.61. The molecule has 1 heterocycles. The van der Waals surface area contributed by atoms with E-state index in [1.807, 2.05) is 11.1 Å². The second kappa shape index (κ2) is 7.23. The van der Waals surface area contributed by atoms with Crippen LogP contribution in [0.4, 0.5) is 10.1 Å². The van der Waals surface area contributed by atoms with E-state index >= 15 is 0 Å². The van der Waals surface area contributed by atoms with E-state index in [0.717, 1.165) is 44.2 Å². The van der Waals surface area contributed by atoms with E-state index in [1.165, 1.54) is 17.7 Å². The first-order valence-corrected chi connectivity index (χ1v) is 10.1. The molecule has 1 aromatic carbocycles. The number of aliphatic hydroxyl groups excluding tert-OH is 1. The number of aliphatic hydroxyl groups is 1. The molecule has 5 atom stereocenters. The number of anilines is 1. The van der Waals surface area contributed by atoms with Gasteiger partial charge in [0.1, 0.15) is 5.82 Å². The van der Waals surface area contributed by atoms with Gasteiger partial charge < -0.3 is 5.11 Å². The summed E-state index contributed by atoms with van der Waals surface area (Å²) in [7, 11) is 0. The van der Waals surface area contributed by atoms with E-state index < -0.39 is 0 Å². The summed E-state index contributed by atoms with van der Waals surface area (Å²) >= 11 is 0. The molecule has 4 rings (SSSR count). The van der Waals surface area contributed by atoms with Gasteiger partial charge in [-0.2, -0.15) is 5.10 Å². The van der Waals surface area contributed by atoms with Gasteiger partial charge in [0, 0.05) is 12.1 Å². The molecule has 1 N–H and O–H groups in total. The molecule has 0 saturated heterocycles. The summed E-state index contributed by atoms with van der Waals surface area (Å²) in [5.74, 6) is 0.675. The first-order chi connectivity index (χ1) is 13.0. The fourth-order valence-corrected chi connectivity index (χ4v) is 5.30. The van der Waals surface area contributed by atoms with Crippen molar-refractivity contribution < 1.29 is 9.50 Å². The van der Waals surface area contributed by atoms with Crippen LogP contribution < -0.4 is 5.01 Å². The summed E-state index contributed by atoms with van der Waals surface area (Å²) in [5, 5.41) is 17.1. The molecule has 3 aliphatic rings. The standard InChI is InChI=1S/C23H29FN2O/c1-3-4-5-21(27)12-17-6-7-18-13-22-16(14-23(17,18)2)15-25-26(22)20-10-8-19(24)9-11-20/h3,8-11,13,15-17,21-22,27H,1,4-7,12,14H2,2H3/t16?,17-,21+,22?,23-/m1/s1. The number of allylic oxidation sites excluding steroid dienone is 2. The Morgan fingerprint density at radius 1 is 1.41 bits per heavy atom. The van der Waals surface area contributed by atoms with Gasteiger partial charge in [-0.3, -0.25) is 5.01 Å². The fourth-order valence-electron chi connectivity index (χ4n) is 5.30. The summed E-state index contributed by atoms with van der Waals surface area (Å²) in [4.78, 5) is 0. The molecule has 0 bridgehead atoms. The maximum Gasteiger partial charge on any atom is 0.123 e. The molecule has 1 fully saturated rings. The second-order valence-corrected chi connectivity index (χ2v) is 8.54. The SMILES string of the molecule is C=CCC[C@H](O)C[C@H]1CCC2=CC3C(C=NN3c3ccc(F)cc3)C[C@@]21C. The van der Waals surface area contributed by atoms with Crippen molar-refractivity contribution in [2.24, 2.45) is 22.4 Å². The van der Waals surface area contributed by atoms with Crippen molar-refractivity contribution in [1.29, 1.82) is 0 Å². The van der Waals surface area contributed by atoms with Crippen LogP contribution in [-0.2, 0) is 0 Å². The third kappa shape index (κ3) is 3.36. The fraction of sp³-hybridized carbons (Fsp3) is 0.522. The van der Waals surface area contributed by atoms with Crippen LogP contribution in [0.15, 0.2) is 53.7 Å². The molecule has 3 nitrogen and oxygen atoms in total. The quantitative estimate of drug-likeness (QED) is 0.711. The maximum atomic E-state index is 13.3. The second-order valence-electron chi connectivity index (χ2n) is 8.54. The Morgan fingerprint density at radius 2 is 2.19 bits per heavy atom. The lowest BCUT2D eigenvalue weighted by Crippen LogP contribution is -2.40. The highest BCUT2D eigenvalue weighted by Crippen LogP contribution is 2.56. The lowest BCUT2D eigenvalue weighted by molar-refractivity contribution is 0.0972. The Kier molecular flexibility index (Phi) is 4.94. The molecule has 2 unspecified atom stereocenters. The van der Waals surface area contributed by atoms with E-state index in [1.54, 1.807) is 12.1 Å². The molecule has 0 radical (unpaired) electrons. The van der Waals surface area contributed by atoms with Gasteiger partial charge >= 0.3 is 0 Å². The first-order valence-electron chi connectivity index (χ1n) is 10.1. The predicted molar refractivity (Wildman–Crippen MR) is 108 cm³/mol. The monoisotopic (exact) mass is 368 g/mol. The summed E-state index contributed by atoms with van der Waals surface area (Å²) in [6, 6.07) is 6.81. The van der Waals surface area contributed by atoms with Crippen molar-refractivity contribution in [3.8, 4) is 0 Å². The topological polar surface area (TPSA) is 35.8 Å². The zero-order valence-corrected chi connectivity index (χ0v) is 16.0. The summed E-state index contributed by atoms with van der Waals surface area (Å²) < 4.78 is 13.3. The molecular weight excluding hydrogens is 339 g/mol. The highest BCUT2D eigenvalue weighted by atomic mass is 19.1. The molecular formula is C23H29FN2O. The van der Waals surface area contributed by atoms with Gasteiger partial charge in [0.2, 0.25) is 0 Å². The van der Waals surface area contributed by atoms with E-state index in [2.05, 4.69) is 30.9 Å². The highest BCUT2D eigenvalue weighted by Gasteiger charge is 2.50. The van der Waals surface area contributed by atoms with E-state index in [4.69, 9.17) is 0 Å². The smallest absolute Gasteiger partial charge is 0.123 e. The number of hydrogen-bond acceptors (Lipinski definition) is 3. The van der Waals surface area contributed by atoms with Crippen LogP contribution >= 0.6 is 0 Å². The van der Waals surface area contributed by atoms with Gasteiger partial charge in [-0.15, -0.1) is 6.58 Å². The molecule has 0 spiro atoms.